The number of ether oxygens (including phenoxy) is 1. The van der Waals surface area contributed by atoms with Crippen molar-refractivity contribution in [1.29, 1.82) is 0 Å². The van der Waals surface area contributed by atoms with Crippen LogP contribution in [0.2, 0.25) is 0 Å². The van der Waals surface area contributed by atoms with Crippen LogP contribution in [0.4, 0.5) is 0 Å². The summed E-state index contributed by atoms with van der Waals surface area (Å²) in [5, 5.41) is 0. The molecule has 0 fully saturated rings. The molecule has 0 spiro atoms. The van der Waals surface area contributed by atoms with Crippen LogP contribution in [0.15, 0.2) is 24.3 Å². The highest BCUT2D eigenvalue weighted by Crippen LogP contribution is 2.15. The molecule has 2 nitrogen and oxygen atoms in total. The molecule has 0 amide bonds. The lowest BCUT2D eigenvalue weighted by Crippen LogP contribution is -2.08. The Morgan fingerprint density at radius 3 is 3.00 bits per heavy atom. The third kappa shape index (κ3) is 2.58. The summed E-state index contributed by atoms with van der Waals surface area (Å²) >= 11 is 0. The number of hydrogen-bond donors (Lipinski definition) is 0. The Morgan fingerprint density at radius 1 is 1.64 bits per heavy atom. The highest BCUT2D eigenvalue weighted by molar-refractivity contribution is 5.69. The summed E-state index contributed by atoms with van der Waals surface area (Å²) < 4.78 is 4.56. The summed E-state index contributed by atoms with van der Waals surface area (Å²) in [4.78, 5) is 10.8. The maximum absolute atomic E-state index is 10.8. The first-order chi connectivity index (χ1) is 5.33. The van der Waals surface area contributed by atoms with Gasteiger partial charge in [-0.05, 0) is 12.3 Å². The summed E-state index contributed by atoms with van der Waals surface area (Å²) in [5.41, 5.74) is 0. The largest absolute Gasteiger partial charge is 0.469 e. The number of esters is 1. The van der Waals surface area contributed by atoms with Crippen molar-refractivity contribution >= 4 is 5.97 Å². The second-order valence-corrected chi connectivity index (χ2v) is 2.59. The summed E-state index contributed by atoms with van der Waals surface area (Å²) in [6.07, 6.45) is 9.51. The van der Waals surface area contributed by atoms with Gasteiger partial charge in [-0.2, -0.15) is 0 Å². The van der Waals surface area contributed by atoms with E-state index in [0.29, 0.717) is 12.3 Å². The van der Waals surface area contributed by atoms with Crippen LogP contribution in [0.25, 0.3) is 0 Å². The SMILES string of the molecule is COC(=O)CC1C=CC=CC1. The van der Waals surface area contributed by atoms with E-state index < -0.39 is 0 Å². The zero-order valence-corrected chi connectivity index (χ0v) is 6.62. The first-order valence-electron chi connectivity index (χ1n) is 3.73. The average molecular weight is 152 g/mol. The quantitative estimate of drug-likeness (QED) is 0.563. The lowest BCUT2D eigenvalue weighted by Gasteiger charge is -2.10. The molecule has 2 heteroatoms. The van der Waals surface area contributed by atoms with Crippen molar-refractivity contribution in [2.45, 2.75) is 12.8 Å². The number of hydrogen-bond acceptors (Lipinski definition) is 2. The zero-order chi connectivity index (χ0) is 8.10. The Hall–Kier alpha value is -1.05. The molecule has 0 radical (unpaired) electrons. The molecule has 0 aromatic heterocycles. The molecule has 1 aliphatic rings. The van der Waals surface area contributed by atoms with Crippen LogP contribution in [0.3, 0.4) is 0 Å². The van der Waals surface area contributed by atoms with E-state index >= 15 is 0 Å². The van der Waals surface area contributed by atoms with Gasteiger partial charge in [-0.25, -0.2) is 0 Å². The molecule has 0 heterocycles. The second-order valence-electron chi connectivity index (χ2n) is 2.59. The molecule has 1 unspecified atom stereocenters. The van der Waals surface area contributed by atoms with Gasteiger partial charge in [0, 0.05) is 0 Å². The predicted octanol–water partition coefficient (Wildman–Crippen LogP) is 1.68. The molecule has 60 valence electrons. The Kier molecular flexibility index (Phi) is 2.90. The minimum absolute atomic E-state index is 0.130. The van der Waals surface area contributed by atoms with Crippen LogP contribution >= 0.6 is 0 Å². The van der Waals surface area contributed by atoms with Crippen LogP contribution in [-0.4, -0.2) is 13.1 Å². The number of allylic oxidation sites excluding steroid dienone is 4. The molecule has 0 aromatic rings. The Morgan fingerprint density at radius 2 is 2.45 bits per heavy atom. The van der Waals surface area contributed by atoms with E-state index in [2.05, 4.69) is 10.8 Å². The van der Waals surface area contributed by atoms with Crippen LogP contribution in [0, 0.1) is 5.92 Å². The average Bonchev–Trinajstić information content (AvgIpc) is 2.06. The number of methoxy groups -OCH3 is 1. The molecule has 0 aliphatic heterocycles. The minimum atomic E-state index is -0.130. The van der Waals surface area contributed by atoms with Crippen LogP contribution < -0.4 is 0 Å². The van der Waals surface area contributed by atoms with E-state index in [1.54, 1.807) is 0 Å². The normalized spacial score (nSPS) is 21.7. The lowest BCUT2D eigenvalue weighted by molar-refractivity contribution is -0.141. The Labute approximate surface area is 66.5 Å². The van der Waals surface area contributed by atoms with Crippen molar-refractivity contribution < 1.29 is 9.53 Å². The van der Waals surface area contributed by atoms with Gasteiger partial charge in [-0.3, -0.25) is 4.79 Å². The molecule has 1 aliphatic carbocycles. The van der Waals surface area contributed by atoms with E-state index in [0.717, 1.165) is 6.42 Å². The van der Waals surface area contributed by atoms with Gasteiger partial charge in [0.15, 0.2) is 0 Å². The topological polar surface area (TPSA) is 26.3 Å². The molecule has 1 atom stereocenters. The maximum atomic E-state index is 10.8. The van der Waals surface area contributed by atoms with Gasteiger partial charge in [0.05, 0.1) is 13.5 Å². The number of carbonyl (C=O) groups excluding carboxylic acids is 1. The number of carbonyl (C=O) groups is 1. The van der Waals surface area contributed by atoms with Crippen molar-refractivity contribution in [3.05, 3.63) is 24.3 Å². The standard InChI is InChI=1S/C9H12O2/c1-11-9(10)7-8-5-3-2-4-6-8/h2-5,8H,6-7H2,1H3. The van der Waals surface area contributed by atoms with Gasteiger partial charge in [0.1, 0.15) is 0 Å². The predicted molar refractivity (Wildman–Crippen MR) is 43.0 cm³/mol. The fourth-order valence-corrected chi connectivity index (χ4v) is 1.08. The van der Waals surface area contributed by atoms with Gasteiger partial charge in [0.25, 0.3) is 0 Å². The minimum Gasteiger partial charge on any atom is -0.469 e. The van der Waals surface area contributed by atoms with Crippen LogP contribution in [0.5, 0.6) is 0 Å². The third-order valence-electron chi connectivity index (χ3n) is 1.73. The van der Waals surface area contributed by atoms with Gasteiger partial charge in [-0.1, -0.05) is 24.3 Å². The summed E-state index contributed by atoms with van der Waals surface area (Å²) in [7, 11) is 1.42. The van der Waals surface area contributed by atoms with Gasteiger partial charge < -0.3 is 4.74 Å². The Bertz CT molecular complexity index is 192. The van der Waals surface area contributed by atoms with Gasteiger partial charge >= 0.3 is 5.97 Å². The van der Waals surface area contributed by atoms with Gasteiger partial charge in [0.2, 0.25) is 0 Å². The van der Waals surface area contributed by atoms with Gasteiger partial charge in [-0.15, -0.1) is 0 Å². The first kappa shape index (κ1) is 8.05. The fourth-order valence-electron chi connectivity index (χ4n) is 1.08. The first-order valence-corrected chi connectivity index (χ1v) is 3.73. The summed E-state index contributed by atoms with van der Waals surface area (Å²) in [6.45, 7) is 0. The zero-order valence-electron chi connectivity index (χ0n) is 6.62. The van der Waals surface area contributed by atoms with Crippen molar-refractivity contribution in [3.8, 4) is 0 Å². The smallest absolute Gasteiger partial charge is 0.306 e. The van der Waals surface area contributed by atoms with Crippen LogP contribution in [0.1, 0.15) is 12.8 Å². The summed E-state index contributed by atoms with van der Waals surface area (Å²) in [5.74, 6) is 0.211. The highest BCUT2D eigenvalue weighted by atomic mass is 16.5. The van der Waals surface area contributed by atoms with Crippen LogP contribution in [-0.2, 0) is 9.53 Å². The maximum Gasteiger partial charge on any atom is 0.306 e. The van der Waals surface area contributed by atoms with Crippen molar-refractivity contribution in [2.24, 2.45) is 5.92 Å². The molecule has 1 rings (SSSR count). The Balaban J connectivity index is 2.33. The fraction of sp³-hybridized carbons (Fsp3) is 0.444. The van der Waals surface area contributed by atoms with E-state index in [1.165, 1.54) is 7.11 Å². The molecule has 0 aromatic carbocycles. The van der Waals surface area contributed by atoms with E-state index in [4.69, 9.17) is 0 Å². The van der Waals surface area contributed by atoms with Crippen molar-refractivity contribution in [3.63, 3.8) is 0 Å². The molecule has 0 saturated carbocycles. The molecular weight excluding hydrogens is 140 g/mol. The van der Waals surface area contributed by atoms with E-state index in [-0.39, 0.29) is 5.97 Å². The van der Waals surface area contributed by atoms with E-state index in [1.807, 2.05) is 18.2 Å². The molecule has 0 bridgehead atoms. The molecule has 11 heavy (non-hydrogen) atoms. The molecular formula is C9H12O2. The van der Waals surface area contributed by atoms with Crippen molar-refractivity contribution in [2.75, 3.05) is 7.11 Å². The monoisotopic (exact) mass is 152 g/mol. The lowest BCUT2D eigenvalue weighted by atomic mass is 9.98. The highest BCUT2D eigenvalue weighted by Gasteiger charge is 2.10. The third-order valence-corrected chi connectivity index (χ3v) is 1.73. The number of rotatable bonds is 2. The van der Waals surface area contributed by atoms with E-state index in [9.17, 15) is 4.79 Å². The van der Waals surface area contributed by atoms with Crippen molar-refractivity contribution in [1.82, 2.24) is 0 Å². The summed E-state index contributed by atoms with van der Waals surface area (Å²) in [6, 6.07) is 0. The second kappa shape index (κ2) is 3.96. The molecule has 0 saturated heterocycles. The molecule has 0 N–H and O–H groups in total.